The second-order valence-corrected chi connectivity index (χ2v) is 10.1. The van der Waals surface area contributed by atoms with E-state index in [2.05, 4.69) is 20.0 Å². The van der Waals surface area contributed by atoms with Crippen molar-refractivity contribution in [1.29, 1.82) is 0 Å². The maximum Gasteiger partial charge on any atom is 0.263 e. The number of sulfonamides is 1. The van der Waals surface area contributed by atoms with E-state index < -0.39 is 10.0 Å². The summed E-state index contributed by atoms with van der Waals surface area (Å²) in [5.74, 6) is 2.20. The molecule has 4 rings (SSSR count). The van der Waals surface area contributed by atoms with Crippen LogP contribution in [0.15, 0.2) is 59.1 Å². The first-order chi connectivity index (χ1) is 14.5. The van der Waals surface area contributed by atoms with E-state index in [4.69, 9.17) is 4.74 Å². The number of nitrogens with zero attached hydrogens (tertiary/aromatic N) is 2. The molecular weight excluding hydrogens is 444 g/mol. The van der Waals surface area contributed by atoms with E-state index in [0.717, 1.165) is 17.9 Å². The van der Waals surface area contributed by atoms with Crippen molar-refractivity contribution in [3.8, 4) is 5.88 Å². The maximum atomic E-state index is 12.4. The summed E-state index contributed by atoms with van der Waals surface area (Å²) in [6.45, 7) is 0. The Labute approximate surface area is 182 Å². The van der Waals surface area contributed by atoms with E-state index in [-0.39, 0.29) is 16.9 Å². The fourth-order valence-electron chi connectivity index (χ4n) is 2.73. The predicted octanol–water partition coefficient (Wildman–Crippen LogP) is 3.48. The zero-order valence-electron chi connectivity index (χ0n) is 15.6. The minimum absolute atomic E-state index is 0.0731. The SMILES string of the molecule is O=C(Nc1ccc(S(=O)(=O)Nc2nccs2)cc1)c1ccc(OC2CCSC2)nc1. The zero-order valence-corrected chi connectivity index (χ0v) is 18.1. The van der Waals surface area contributed by atoms with Crippen LogP contribution >= 0.6 is 23.1 Å². The number of hydrogen-bond acceptors (Lipinski definition) is 8. The van der Waals surface area contributed by atoms with Crippen molar-refractivity contribution in [2.24, 2.45) is 0 Å². The lowest BCUT2D eigenvalue weighted by molar-refractivity contribution is 0.102. The first kappa shape index (κ1) is 20.6. The number of thioether (sulfide) groups is 1. The number of thiazole rings is 1. The standard InChI is InChI=1S/C19H18N4O4S3/c24-18(13-1-6-17(21-11-13)27-15-7-9-28-12-15)22-14-2-4-16(5-3-14)30(25,26)23-19-20-8-10-29-19/h1-6,8,10-11,15H,7,9,12H2,(H,20,23)(H,22,24). The lowest BCUT2D eigenvalue weighted by Crippen LogP contribution is -2.16. The number of nitrogens with one attached hydrogen (secondary N) is 2. The summed E-state index contributed by atoms with van der Waals surface area (Å²) >= 11 is 3.04. The summed E-state index contributed by atoms with van der Waals surface area (Å²) in [4.78, 5) is 20.6. The summed E-state index contributed by atoms with van der Waals surface area (Å²) in [6, 6.07) is 9.21. The monoisotopic (exact) mass is 462 g/mol. The van der Waals surface area contributed by atoms with Crippen LogP contribution in [-0.2, 0) is 10.0 Å². The van der Waals surface area contributed by atoms with Crippen LogP contribution in [0.4, 0.5) is 10.8 Å². The molecule has 30 heavy (non-hydrogen) atoms. The van der Waals surface area contributed by atoms with Crippen LogP contribution in [0.2, 0.25) is 0 Å². The predicted molar refractivity (Wildman–Crippen MR) is 118 cm³/mol. The Balaban J connectivity index is 1.37. The maximum absolute atomic E-state index is 12.4. The van der Waals surface area contributed by atoms with Gasteiger partial charge in [-0.1, -0.05) is 0 Å². The summed E-state index contributed by atoms with van der Waals surface area (Å²) in [7, 11) is -3.74. The van der Waals surface area contributed by atoms with Crippen LogP contribution < -0.4 is 14.8 Å². The van der Waals surface area contributed by atoms with Crippen LogP contribution in [0.5, 0.6) is 5.88 Å². The molecule has 1 amide bonds. The molecule has 156 valence electrons. The van der Waals surface area contributed by atoms with Crippen LogP contribution in [0.1, 0.15) is 16.8 Å². The molecule has 1 unspecified atom stereocenters. The molecule has 0 spiro atoms. The topological polar surface area (TPSA) is 110 Å². The molecule has 0 saturated carbocycles. The highest BCUT2D eigenvalue weighted by atomic mass is 32.2. The van der Waals surface area contributed by atoms with E-state index in [9.17, 15) is 13.2 Å². The van der Waals surface area contributed by atoms with E-state index in [0.29, 0.717) is 22.3 Å². The van der Waals surface area contributed by atoms with Gasteiger partial charge in [-0.15, -0.1) is 11.3 Å². The highest BCUT2D eigenvalue weighted by molar-refractivity contribution is 7.99. The number of benzene rings is 1. The lowest BCUT2D eigenvalue weighted by atomic mass is 10.2. The average molecular weight is 463 g/mol. The summed E-state index contributed by atoms with van der Waals surface area (Å²) < 4.78 is 32.9. The van der Waals surface area contributed by atoms with E-state index >= 15 is 0 Å². The first-order valence-electron chi connectivity index (χ1n) is 9.04. The molecule has 0 bridgehead atoms. The quantitative estimate of drug-likeness (QED) is 0.553. The first-order valence-corrected chi connectivity index (χ1v) is 12.6. The molecule has 0 aliphatic carbocycles. The number of amides is 1. The Kier molecular flexibility index (Phi) is 6.21. The molecule has 0 radical (unpaired) electrons. The van der Waals surface area contributed by atoms with Gasteiger partial charge in [-0.3, -0.25) is 9.52 Å². The molecule has 1 atom stereocenters. The number of rotatable bonds is 7. The average Bonchev–Trinajstić information content (AvgIpc) is 3.43. The minimum atomic E-state index is -3.74. The fraction of sp³-hybridized carbons (Fsp3) is 0.211. The molecule has 2 aromatic heterocycles. The number of aromatic nitrogens is 2. The van der Waals surface area contributed by atoms with Gasteiger partial charge in [0, 0.05) is 35.3 Å². The third-order valence-corrected chi connectivity index (χ3v) is 7.55. The van der Waals surface area contributed by atoms with Gasteiger partial charge in [0.15, 0.2) is 5.13 Å². The second-order valence-electron chi connectivity index (χ2n) is 6.41. The molecule has 1 aliphatic rings. The van der Waals surface area contributed by atoms with Crippen molar-refractivity contribution in [2.45, 2.75) is 17.4 Å². The molecule has 1 saturated heterocycles. The number of anilines is 2. The van der Waals surface area contributed by atoms with E-state index in [1.807, 2.05) is 11.8 Å². The minimum Gasteiger partial charge on any atom is -0.473 e. The van der Waals surface area contributed by atoms with Crippen molar-refractivity contribution < 1.29 is 17.9 Å². The largest absolute Gasteiger partial charge is 0.473 e. The Bertz CT molecular complexity index is 1100. The van der Waals surface area contributed by atoms with Crippen molar-refractivity contribution in [2.75, 3.05) is 21.5 Å². The van der Waals surface area contributed by atoms with Crippen LogP contribution in [-0.4, -0.2) is 41.9 Å². The second kappa shape index (κ2) is 9.02. The van der Waals surface area contributed by atoms with Gasteiger partial charge in [-0.25, -0.2) is 18.4 Å². The number of ether oxygens (including phenoxy) is 1. The molecule has 8 nitrogen and oxygen atoms in total. The Morgan fingerprint density at radius 3 is 2.60 bits per heavy atom. The third-order valence-electron chi connectivity index (χ3n) is 4.25. The van der Waals surface area contributed by atoms with Gasteiger partial charge >= 0.3 is 0 Å². The van der Waals surface area contributed by atoms with Crippen LogP contribution in [0, 0.1) is 0 Å². The molecule has 3 aromatic rings. The van der Waals surface area contributed by atoms with Gasteiger partial charge < -0.3 is 10.1 Å². The molecule has 1 aromatic carbocycles. The van der Waals surface area contributed by atoms with Crippen LogP contribution in [0.3, 0.4) is 0 Å². The molecule has 1 aliphatic heterocycles. The summed E-state index contributed by atoms with van der Waals surface area (Å²) in [6.07, 6.45) is 4.15. The highest BCUT2D eigenvalue weighted by Crippen LogP contribution is 2.23. The van der Waals surface area contributed by atoms with Gasteiger partial charge in [0.2, 0.25) is 5.88 Å². The van der Waals surface area contributed by atoms with Crippen molar-refractivity contribution in [1.82, 2.24) is 9.97 Å². The Morgan fingerprint density at radius 1 is 1.13 bits per heavy atom. The Hall–Kier alpha value is -2.63. The molecule has 1 fully saturated rings. The number of pyridine rings is 1. The van der Waals surface area contributed by atoms with Crippen molar-refractivity contribution in [3.05, 3.63) is 59.7 Å². The van der Waals surface area contributed by atoms with E-state index in [1.165, 1.54) is 48.0 Å². The smallest absolute Gasteiger partial charge is 0.263 e. The van der Waals surface area contributed by atoms with Gasteiger partial charge in [0.25, 0.3) is 15.9 Å². The summed E-state index contributed by atoms with van der Waals surface area (Å²) in [5, 5.41) is 4.70. The number of carbonyl (C=O) groups excluding carboxylic acids is 1. The summed E-state index contributed by atoms with van der Waals surface area (Å²) in [5.41, 5.74) is 0.849. The van der Waals surface area contributed by atoms with Crippen molar-refractivity contribution in [3.63, 3.8) is 0 Å². The molecular formula is C19H18N4O4S3. The molecule has 11 heteroatoms. The van der Waals surface area contributed by atoms with Gasteiger partial charge in [-0.05, 0) is 42.5 Å². The van der Waals surface area contributed by atoms with Gasteiger partial charge in [-0.2, -0.15) is 11.8 Å². The zero-order chi connectivity index (χ0) is 21.0. The van der Waals surface area contributed by atoms with Crippen molar-refractivity contribution >= 4 is 49.8 Å². The normalized spacial score (nSPS) is 16.2. The number of hydrogen-bond donors (Lipinski definition) is 2. The molecule has 3 heterocycles. The third kappa shape index (κ3) is 5.10. The molecule has 2 N–H and O–H groups in total. The lowest BCUT2D eigenvalue weighted by Gasteiger charge is -2.11. The highest BCUT2D eigenvalue weighted by Gasteiger charge is 2.18. The Morgan fingerprint density at radius 2 is 1.97 bits per heavy atom. The van der Waals surface area contributed by atoms with E-state index in [1.54, 1.807) is 17.5 Å². The van der Waals surface area contributed by atoms with Gasteiger partial charge in [0.1, 0.15) is 6.10 Å². The van der Waals surface area contributed by atoms with Crippen LogP contribution in [0.25, 0.3) is 0 Å². The van der Waals surface area contributed by atoms with Gasteiger partial charge in [0.05, 0.1) is 10.5 Å². The number of carbonyl (C=O) groups is 1. The fourth-order valence-corrected chi connectivity index (χ4v) is 5.61.